The summed E-state index contributed by atoms with van der Waals surface area (Å²) in [7, 11) is 0. The number of nitrogens with one attached hydrogen (secondary N) is 1. The molecule has 0 bridgehead atoms. The second kappa shape index (κ2) is 4.66. The number of ether oxygens (including phenoxy) is 1. The van der Waals surface area contributed by atoms with E-state index in [4.69, 9.17) is 4.74 Å². The average molecular weight is 278 g/mol. The summed E-state index contributed by atoms with van der Waals surface area (Å²) in [6, 6.07) is 15.4. The number of anilines is 1. The average Bonchev–Trinajstić information content (AvgIpc) is 3.02. The second-order valence-corrected chi connectivity index (χ2v) is 5.02. The van der Waals surface area contributed by atoms with E-state index in [1.54, 1.807) is 4.90 Å². The first-order valence-electron chi connectivity index (χ1n) is 6.94. The zero-order valence-corrected chi connectivity index (χ0v) is 11.4. The molecule has 1 aliphatic rings. The van der Waals surface area contributed by atoms with Crippen LogP contribution in [-0.4, -0.2) is 24.0 Å². The molecule has 4 rings (SSSR count). The summed E-state index contributed by atoms with van der Waals surface area (Å²) in [5.74, 6) is 0.759. The van der Waals surface area contributed by atoms with Crippen LogP contribution in [-0.2, 0) is 0 Å². The maximum Gasteiger partial charge on any atom is 0.260 e. The van der Waals surface area contributed by atoms with E-state index >= 15 is 0 Å². The summed E-state index contributed by atoms with van der Waals surface area (Å²) in [4.78, 5) is 17.9. The monoisotopic (exact) mass is 278 g/mol. The van der Waals surface area contributed by atoms with Crippen LogP contribution in [0.1, 0.15) is 10.4 Å². The predicted octanol–water partition coefficient (Wildman–Crippen LogP) is 3.21. The molecule has 2 heterocycles. The lowest BCUT2D eigenvalue weighted by atomic mass is 10.1. The molecule has 1 amide bonds. The van der Waals surface area contributed by atoms with Crippen LogP contribution in [0.15, 0.2) is 54.7 Å². The highest BCUT2D eigenvalue weighted by molar-refractivity contribution is 6.13. The van der Waals surface area contributed by atoms with Gasteiger partial charge in [-0.1, -0.05) is 24.3 Å². The Balaban J connectivity index is 1.81. The Hall–Kier alpha value is -2.75. The Labute approximate surface area is 122 Å². The number of H-pyrrole nitrogens is 1. The smallest absolute Gasteiger partial charge is 0.260 e. The Morgan fingerprint density at radius 1 is 1.10 bits per heavy atom. The van der Waals surface area contributed by atoms with Crippen molar-refractivity contribution in [1.82, 2.24) is 4.98 Å². The quantitative estimate of drug-likeness (QED) is 0.743. The number of benzene rings is 2. The molecule has 1 aromatic heterocycles. The van der Waals surface area contributed by atoms with Gasteiger partial charge in [0, 0.05) is 11.6 Å². The van der Waals surface area contributed by atoms with E-state index in [0.717, 1.165) is 22.3 Å². The topological polar surface area (TPSA) is 45.3 Å². The Morgan fingerprint density at radius 3 is 2.95 bits per heavy atom. The van der Waals surface area contributed by atoms with Gasteiger partial charge in [0.05, 0.1) is 23.3 Å². The largest absolute Gasteiger partial charge is 0.490 e. The number of carbonyl (C=O) groups excluding carboxylic acids is 1. The predicted molar refractivity (Wildman–Crippen MR) is 81.9 cm³/mol. The molecule has 4 nitrogen and oxygen atoms in total. The van der Waals surface area contributed by atoms with E-state index in [-0.39, 0.29) is 5.91 Å². The molecular formula is C17H14N2O2. The van der Waals surface area contributed by atoms with E-state index in [9.17, 15) is 4.79 Å². The minimum Gasteiger partial charge on any atom is -0.490 e. The normalized spacial score (nSPS) is 13.8. The number of nitrogens with zero attached hydrogens (tertiary/aromatic N) is 1. The molecule has 21 heavy (non-hydrogen) atoms. The molecule has 0 atom stereocenters. The lowest BCUT2D eigenvalue weighted by Gasteiger charge is -2.29. The first-order chi connectivity index (χ1) is 10.3. The third-order valence-corrected chi connectivity index (χ3v) is 3.79. The highest BCUT2D eigenvalue weighted by Crippen LogP contribution is 2.32. The first kappa shape index (κ1) is 12.0. The van der Waals surface area contributed by atoms with Gasteiger partial charge in [0.2, 0.25) is 0 Å². The van der Waals surface area contributed by atoms with Gasteiger partial charge in [-0.3, -0.25) is 4.79 Å². The molecule has 0 saturated heterocycles. The molecule has 0 unspecified atom stereocenters. The molecule has 0 fully saturated rings. The maximum absolute atomic E-state index is 12.9. The van der Waals surface area contributed by atoms with Crippen molar-refractivity contribution in [2.75, 3.05) is 18.1 Å². The molecule has 0 saturated carbocycles. The molecule has 2 aromatic carbocycles. The molecule has 1 N–H and O–H groups in total. The van der Waals surface area contributed by atoms with Crippen molar-refractivity contribution in [3.63, 3.8) is 0 Å². The molecule has 0 radical (unpaired) electrons. The highest BCUT2D eigenvalue weighted by Gasteiger charge is 2.25. The van der Waals surface area contributed by atoms with Crippen LogP contribution >= 0.6 is 0 Å². The van der Waals surface area contributed by atoms with Crippen LogP contribution in [0.5, 0.6) is 5.75 Å². The minimum atomic E-state index is -0.00111. The molecular weight excluding hydrogens is 264 g/mol. The van der Waals surface area contributed by atoms with Crippen LogP contribution in [0.4, 0.5) is 5.69 Å². The fourth-order valence-corrected chi connectivity index (χ4v) is 2.79. The lowest BCUT2D eigenvalue weighted by Crippen LogP contribution is -2.38. The number of aromatic amines is 1. The van der Waals surface area contributed by atoms with Crippen LogP contribution in [0, 0.1) is 0 Å². The van der Waals surface area contributed by atoms with Crippen LogP contribution in [0.3, 0.4) is 0 Å². The van der Waals surface area contributed by atoms with E-state index < -0.39 is 0 Å². The van der Waals surface area contributed by atoms with Crippen LogP contribution in [0.2, 0.25) is 0 Å². The van der Waals surface area contributed by atoms with Crippen LogP contribution in [0.25, 0.3) is 10.9 Å². The molecule has 4 heteroatoms. The summed E-state index contributed by atoms with van der Waals surface area (Å²) in [6.07, 6.45) is 1.86. The Morgan fingerprint density at radius 2 is 2.00 bits per heavy atom. The van der Waals surface area contributed by atoms with Gasteiger partial charge in [-0.25, -0.2) is 0 Å². The molecule has 104 valence electrons. The van der Waals surface area contributed by atoms with Gasteiger partial charge in [-0.15, -0.1) is 0 Å². The van der Waals surface area contributed by atoms with Crippen molar-refractivity contribution in [3.05, 3.63) is 60.3 Å². The van der Waals surface area contributed by atoms with E-state index in [1.807, 2.05) is 54.7 Å². The summed E-state index contributed by atoms with van der Waals surface area (Å²) in [5, 5.41) is 1.04. The van der Waals surface area contributed by atoms with Crippen molar-refractivity contribution >= 4 is 22.5 Å². The molecule has 0 aliphatic carbocycles. The zero-order chi connectivity index (χ0) is 14.2. The molecule has 1 aliphatic heterocycles. The minimum absolute atomic E-state index is 0.00111. The standard InChI is InChI=1S/C17H14N2O2/c20-17(13-5-3-4-12-8-9-18-16(12)13)19-10-11-21-15-7-2-1-6-14(15)19/h1-9,18H,10-11H2. The van der Waals surface area contributed by atoms with Gasteiger partial charge in [0.1, 0.15) is 12.4 Å². The van der Waals surface area contributed by atoms with Gasteiger partial charge in [0.25, 0.3) is 5.91 Å². The second-order valence-electron chi connectivity index (χ2n) is 5.02. The zero-order valence-electron chi connectivity index (χ0n) is 11.4. The number of para-hydroxylation sites is 3. The number of hydrogen-bond acceptors (Lipinski definition) is 2. The number of rotatable bonds is 1. The van der Waals surface area contributed by atoms with Crippen molar-refractivity contribution in [3.8, 4) is 5.75 Å². The molecule has 0 spiro atoms. The summed E-state index contributed by atoms with van der Waals surface area (Å²) in [5.41, 5.74) is 2.40. The van der Waals surface area contributed by atoms with Crippen molar-refractivity contribution < 1.29 is 9.53 Å². The van der Waals surface area contributed by atoms with Gasteiger partial charge in [-0.05, 0) is 24.3 Å². The number of fused-ring (bicyclic) bond motifs is 2. The first-order valence-corrected chi connectivity index (χ1v) is 6.94. The maximum atomic E-state index is 12.9. The van der Waals surface area contributed by atoms with Crippen LogP contribution < -0.4 is 9.64 Å². The van der Waals surface area contributed by atoms with Crippen molar-refractivity contribution in [2.45, 2.75) is 0 Å². The Bertz CT molecular complexity index is 822. The third-order valence-electron chi connectivity index (χ3n) is 3.79. The number of amides is 1. The Kier molecular flexibility index (Phi) is 2.67. The van der Waals surface area contributed by atoms with Gasteiger partial charge < -0.3 is 14.6 Å². The SMILES string of the molecule is O=C(c1cccc2cc[nH]c12)N1CCOc2ccccc21. The van der Waals surface area contributed by atoms with E-state index in [0.29, 0.717) is 18.7 Å². The fourth-order valence-electron chi connectivity index (χ4n) is 2.79. The number of aromatic nitrogens is 1. The number of carbonyl (C=O) groups is 1. The van der Waals surface area contributed by atoms with Gasteiger partial charge in [-0.2, -0.15) is 0 Å². The van der Waals surface area contributed by atoms with E-state index in [2.05, 4.69) is 4.98 Å². The number of hydrogen-bond donors (Lipinski definition) is 1. The van der Waals surface area contributed by atoms with E-state index in [1.165, 1.54) is 0 Å². The van der Waals surface area contributed by atoms with Crippen molar-refractivity contribution in [1.29, 1.82) is 0 Å². The summed E-state index contributed by atoms with van der Waals surface area (Å²) in [6.45, 7) is 1.08. The van der Waals surface area contributed by atoms with Gasteiger partial charge in [0.15, 0.2) is 0 Å². The lowest BCUT2D eigenvalue weighted by molar-refractivity contribution is 0.0978. The van der Waals surface area contributed by atoms with Crippen molar-refractivity contribution in [2.24, 2.45) is 0 Å². The summed E-state index contributed by atoms with van der Waals surface area (Å²) >= 11 is 0. The summed E-state index contributed by atoms with van der Waals surface area (Å²) < 4.78 is 5.61. The fraction of sp³-hybridized carbons (Fsp3) is 0.118. The highest BCUT2D eigenvalue weighted by atomic mass is 16.5. The molecule has 3 aromatic rings. The van der Waals surface area contributed by atoms with Gasteiger partial charge >= 0.3 is 0 Å². The third kappa shape index (κ3) is 1.88.